The highest BCUT2D eigenvalue weighted by Gasteiger charge is 2.37. The van der Waals surface area contributed by atoms with E-state index in [1.165, 1.54) is 6.42 Å². The first-order valence-electron chi connectivity index (χ1n) is 5.22. The molecule has 1 aromatic heterocycles. The second-order valence-corrected chi connectivity index (χ2v) is 4.85. The fourth-order valence-electron chi connectivity index (χ4n) is 2.14. The minimum absolute atomic E-state index is 0.574. The molecule has 0 spiro atoms. The summed E-state index contributed by atoms with van der Waals surface area (Å²) in [6.07, 6.45) is 2.05. The quantitative estimate of drug-likeness (QED) is 0.827. The van der Waals surface area contributed by atoms with Crippen LogP contribution in [0.1, 0.15) is 25.3 Å². The van der Waals surface area contributed by atoms with E-state index >= 15 is 0 Å². The molecule has 14 heavy (non-hydrogen) atoms. The molecule has 2 heterocycles. The number of nitrogens with zero attached hydrogens (tertiary/aromatic N) is 1. The van der Waals surface area contributed by atoms with E-state index in [1.54, 1.807) is 11.3 Å². The zero-order chi connectivity index (χ0) is 10.0. The van der Waals surface area contributed by atoms with E-state index in [0.29, 0.717) is 0 Å². The molecular weight excluding hydrogens is 194 g/mol. The van der Waals surface area contributed by atoms with Crippen LogP contribution < -0.4 is 0 Å². The number of hydrogen-bond donors (Lipinski definition) is 1. The maximum atomic E-state index is 10.4. The molecule has 2 rings (SSSR count). The zero-order valence-corrected chi connectivity index (χ0v) is 9.39. The summed E-state index contributed by atoms with van der Waals surface area (Å²) in [6.45, 7) is 5.12. The van der Waals surface area contributed by atoms with E-state index in [9.17, 15) is 5.11 Å². The summed E-state index contributed by atoms with van der Waals surface area (Å²) >= 11 is 1.66. The monoisotopic (exact) mass is 211 g/mol. The van der Waals surface area contributed by atoms with Crippen molar-refractivity contribution in [2.24, 2.45) is 0 Å². The van der Waals surface area contributed by atoms with Crippen molar-refractivity contribution in [2.75, 3.05) is 19.6 Å². The van der Waals surface area contributed by atoms with Crippen LogP contribution in [-0.2, 0) is 5.60 Å². The Hall–Kier alpha value is -0.380. The average molecular weight is 211 g/mol. The molecule has 0 aliphatic carbocycles. The summed E-state index contributed by atoms with van der Waals surface area (Å²) in [4.78, 5) is 2.34. The summed E-state index contributed by atoms with van der Waals surface area (Å²) in [5, 5.41) is 14.5. The van der Waals surface area contributed by atoms with Gasteiger partial charge in [-0.1, -0.05) is 6.92 Å². The third kappa shape index (κ3) is 1.85. The van der Waals surface area contributed by atoms with Gasteiger partial charge < -0.3 is 10.0 Å². The third-order valence-electron chi connectivity index (χ3n) is 2.93. The molecule has 1 aliphatic rings. The first-order chi connectivity index (χ1) is 6.74. The lowest BCUT2D eigenvalue weighted by molar-refractivity contribution is 0.0466. The Balaban J connectivity index is 2.06. The van der Waals surface area contributed by atoms with Crippen molar-refractivity contribution in [3.05, 3.63) is 22.4 Å². The predicted molar refractivity (Wildman–Crippen MR) is 59.6 cm³/mol. The van der Waals surface area contributed by atoms with Crippen LogP contribution in [0.2, 0.25) is 0 Å². The molecule has 1 unspecified atom stereocenters. The largest absolute Gasteiger partial charge is 0.384 e. The van der Waals surface area contributed by atoms with Crippen LogP contribution >= 0.6 is 11.3 Å². The number of β-amino-alcohol motifs (C(OH)–C–C–N with tert-alkyl or cyclic N) is 1. The Morgan fingerprint density at radius 3 is 3.14 bits per heavy atom. The van der Waals surface area contributed by atoms with Crippen molar-refractivity contribution in [3.8, 4) is 0 Å². The van der Waals surface area contributed by atoms with E-state index < -0.39 is 5.60 Å². The number of thiophene rings is 1. The van der Waals surface area contributed by atoms with E-state index in [4.69, 9.17) is 0 Å². The van der Waals surface area contributed by atoms with Crippen molar-refractivity contribution in [1.29, 1.82) is 0 Å². The smallest absolute Gasteiger partial charge is 0.104 e. The van der Waals surface area contributed by atoms with Gasteiger partial charge in [0.25, 0.3) is 0 Å². The molecule has 3 heteroatoms. The van der Waals surface area contributed by atoms with Crippen LogP contribution in [0.25, 0.3) is 0 Å². The number of likely N-dealkylation sites (tertiary alicyclic amines) is 1. The first-order valence-corrected chi connectivity index (χ1v) is 6.16. The minimum Gasteiger partial charge on any atom is -0.384 e. The molecule has 0 amide bonds. The van der Waals surface area contributed by atoms with Crippen LogP contribution in [0.3, 0.4) is 0 Å². The van der Waals surface area contributed by atoms with Gasteiger partial charge in [-0.05, 0) is 41.8 Å². The fourth-order valence-corrected chi connectivity index (χ4v) is 2.89. The van der Waals surface area contributed by atoms with Crippen molar-refractivity contribution in [1.82, 2.24) is 4.90 Å². The molecule has 1 aliphatic heterocycles. The molecule has 0 bridgehead atoms. The summed E-state index contributed by atoms with van der Waals surface area (Å²) in [5.74, 6) is 0. The molecule has 1 N–H and O–H groups in total. The van der Waals surface area contributed by atoms with Crippen molar-refractivity contribution in [3.63, 3.8) is 0 Å². The second kappa shape index (κ2) is 4.01. The van der Waals surface area contributed by atoms with Gasteiger partial charge in [0, 0.05) is 13.1 Å². The van der Waals surface area contributed by atoms with Crippen LogP contribution in [0, 0.1) is 0 Å². The van der Waals surface area contributed by atoms with Gasteiger partial charge in [0.15, 0.2) is 0 Å². The lowest BCUT2D eigenvalue weighted by Gasteiger charge is -2.22. The topological polar surface area (TPSA) is 23.5 Å². The van der Waals surface area contributed by atoms with Gasteiger partial charge in [-0.3, -0.25) is 0 Å². The summed E-state index contributed by atoms with van der Waals surface area (Å²) in [6, 6.07) is 2.04. The Bertz CT molecular complexity index is 285. The highest BCUT2D eigenvalue weighted by atomic mass is 32.1. The normalized spacial score (nSPS) is 28.4. The Labute approximate surface area is 89.2 Å². The summed E-state index contributed by atoms with van der Waals surface area (Å²) in [7, 11) is 0. The van der Waals surface area contributed by atoms with Crippen LogP contribution in [0.15, 0.2) is 16.8 Å². The molecule has 78 valence electrons. The maximum Gasteiger partial charge on any atom is 0.104 e. The first kappa shape index (κ1) is 10.1. The molecule has 1 aromatic rings. The minimum atomic E-state index is -0.574. The van der Waals surface area contributed by atoms with Crippen LogP contribution in [0.5, 0.6) is 0 Å². The number of aliphatic hydroxyl groups is 1. The van der Waals surface area contributed by atoms with Gasteiger partial charge >= 0.3 is 0 Å². The average Bonchev–Trinajstić information content (AvgIpc) is 2.75. The number of rotatable bonds is 3. The van der Waals surface area contributed by atoms with Crippen molar-refractivity contribution >= 4 is 11.3 Å². The molecule has 0 aromatic carbocycles. The van der Waals surface area contributed by atoms with E-state index in [1.807, 2.05) is 11.4 Å². The summed E-state index contributed by atoms with van der Waals surface area (Å²) in [5.41, 5.74) is 0.524. The zero-order valence-electron chi connectivity index (χ0n) is 8.57. The molecule has 1 saturated heterocycles. The van der Waals surface area contributed by atoms with Crippen LogP contribution in [-0.4, -0.2) is 29.6 Å². The predicted octanol–water partition coefficient (Wildman–Crippen LogP) is 2.05. The molecule has 0 saturated carbocycles. The molecule has 2 nitrogen and oxygen atoms in total. The van der Waals surface area contributed by atoms with Crippen LogP contribution in [0.4, 0.5) is 0 Å². The van der Waals surface area contributed by atoms with Gasteiger partial charge in [0.1, 0.15) is 5.60 Å². The summed E-state index contributed by atoms with van der Waals surface area (Å²) < 4.78 is 0. The fraction of sp³-hybridized carbons (Fsp3) is 0.636. The second-order valence-electron chi connectivity index (χ2n) is 4.07. The van der Waals surface area contributed by atoms with Gasteiger partial charge in [0.2, 0.25) is 0 Å². The maximum absolute atomic E-state index is 10.4. The Morgan fingerprint density at radius 1 is 1.64 bits per heavy atom. The standard InChI is InChI=1S/C11H17NOS/c1-2-5-12-6-4-11(13,9-12)10-3-7-14-8-10/h3,7-8,13H,2,4-6,9H2,1H3. The lowest BCUT2D eigenvalue weighted by atomic mass is 9.96. The van der Waals surface area contributed by atoms with E-state index in [2.05, 4.69) is 17.2 Å². The third-order valence-corrected chi connectivity index (χ3v) is 3.61. The highest BCUT2D eigenvalue weighted by molar-refractivity contribution is 7.08. The molecular formula is C11H17NOS. The van der Waals surface area contributed by atoms with Gasteiger partial charge in [-0.25, -0.2) is 0 Å². The van der Waals surface area contributed by atoms with Crippen molar-refractivity contribution in [2.45, 2.75) is 25.4 Å². The van der Waals surface area contributed by atoms with E-state index in [-0.39, 0.29) is 0 Å². The van der Waals surface area contributed by atoms with Crippen molar-refractivity contribution < 1.29 is 5.11 Å². The van der Waals surface area contributed by atoms with Gasteiger partial charge in [0.05, 0.1) is 0 Å². The Kier molecular flexibility index (Phi) is 2.91. The Morgan fingerprint density at radius 2 is 2.50 bits per heavy atom. The molecule has 0 radical (unpaired) electrons. The van der Waals surface area contributed by atoms with Gasteiger partial charge in [-0.15, -0.1) is 0 Å². The SMILES string of the molecule is CCCN1CCC(O)(c2ccsc2)C1. The van der Waals surface area contributed by atoms with E-state index in [0.717, 1.165) is 31.6 Å². The lowest BCUT2D eigenvalue weighted by Crippen LogP contribution is -2.30. The number of hydrogen-bond acceptors (Lipinski definition) is 3. The molecule has 1 atom stereocenters. The van der Waals surface area contributed by atoms with Gasteiger partial charge in [-0.2, -0.15) is 11.3 Å². The highest BCUT2D eigenvalue weighted by Crippen LogP contribution is 2.32. The molecule has 1 fully saturated rings.